The van der Waals surface area contributed by atoms with Gasteiger partial charge in [-0.3, -0.25) is 0 Å². The minimum Gasteiger partial charge on any atom is -0.326 e. The monoisotopic (exact) mass is 225 g/mol. The molecule has 84 valence electrons. The summed E-state index contributed by atoms with van der Waals surface area (Å²) in [5.41, 5.74) is 4.83. The second kappa shape index (κ2) is 4.86. The van der Waals surface area contributed by atoms with Crippen LogP contribution in [0.1, 0.15) is 11.1 Å². The SMILES string of the molecule is C=C(C#Cc1ccccc1C(F)(F)F)CN. The van der Waals surface area contributed by atoms with Gasteiger partial charge in [0.2, 0.25) is 0 Å². The van der Waals surface area contributed by atoms with E-state index in [2.05, 4.69) is 18.4 Å². The van der Waals surface area contributed by atoms with Gasteiger partial charge in [-0.2, -0.15) is 13.2 Å². The fourth-order valence-corrected chi connectivity index (χ4v) is 1.05. The fourth-order valence-electron chi connectivity index (χ4n) is 1.05. The molecule has 1 rings (SSSR count). The minimum atomic E-state index is -4.39. The van der Waals surface area contributed by atoms with E-state index in [1.807, 2.05) is 0 Å². The number of rotatable bonds is 1. The summed E-state index contributed by atoms with van der Waals surface area (Å²) in [5, 5.41) is 0. The van der Waals surface area contributed by atoms with Crippen molar-refractivity contribution in [2.75, 3.05) is 6.54 Å². The van der Waals surface area contributed by atoms with E-state index in [9.17, 15) is 13.2 Å². The largest absolute Gasteiger partial charge is 0.417 e. The van der Waals surface area contributed by atoms with Crippen molar-refractivity contribution in [3.05, 3.63) is 47.5 Å². The Morgan fingerprint density at radius 1 is 1.31 bits per heavy atom. The quantitative estimate of drug-likeness (QED) is 0.730. The lowest BCUT2D eigenvalue weighted by Gasteiger charge is -2.08. The summed E-state index contributed by atoms with van der Waals surface area (Å²) < 4.78 is 37.6. The Morgan fingerprint density at radius 2 is 1.94 bits per heavy atom. The highest BCUT2D eigenvalue weighted by molar-refractivity contribution is 5.46. The summed E-state index contributed by atoms with van der Waals surface area (Å²) in [5.74, 6) is 4.91. The Bertz CT molecular complexity index is 449. The van der Waals surface area contributed by atoms with Gasteiger partial charge in [-0.1, -0.05) is 30.6 Å². The second-order valence-corrected chi connectivity index (χ2v) is 3.10. The van der Waals surface area contributed by atoms with Crippen LogP contribution in [0, 0.1) is 11.8 Å². The van der Waals surface area contributed by atoms with Crippen LogP contribution in [0.15, 0.2) is 36.4 Å². The lowest BCUT2D eigenvalue weighted by molar-refractivity contribution is -0.137. The molecule has 0 aliphatic carbocycles. The maximum atomic E-state index is 12.5. The van der Waals surface area contributed by atoms with Gasteiger partial charge in [0.25, 0.3) is 0 Å². The fraction of sp³-hybridized carbons (Fsp3) is 0.167. The third-order valence-electron chi connectivity index (χ3n) is 1.85. The zero-order chi connectivity index (χ0) is 12.2. The van der Waals surface area contributed by atoms with Crippen LogP contribution in [0.2, 0.25) is 0 Å². The van der Waals surface area contributed by atoms with Crippen molar-refractivity contribution in [1.29, 1.82) is 0 Å². The molecule has 0 heterocycles. The van der Waals surface area contributed by atoms with E-state index in [1.165, 1.54) is 18.2 Å². The molecular weight excluding hydrogens is 215 g/mol. The van der Waals surface area contributed by atoms with Crippen molar-refractivity contribution in [2.45, 2.75) is 6.18 Å². The Kier molecular flexibility index (Phi) is 3.75. The van der Waals surface area contributed by atoms with Gasteiger partial charge < -0.3 is 5.73 Å². The van der Waals surface area contributed by atoms with E-state index in [0.29, 0.717) is 5.57 Å². The lowest BCUT2D eigenvalue weighted by atomic mass is 10.1. The van der Waals surface area contributed by atoms with Crippen LogP contribution in [0.5, 0.6) is 0 Å². The molecule has 2 N–H and O–H groups in total. The highest BCUT2D eigenvalue weighted by atomic mass is 19.4. The van der Waals surface area contributed by atoms with Gasteiger partial charge in [-0.15, -0.1) is 0 Å². The Balaban J connectivity index is 3.13. The molecule has 0 unspecified atom stereocenters. The summed E-state index contributed by atoms with van der Waals surface area (Å²) in [7, 11) is 0. The summed E-state index contributed by atoms with van der Waals surface area (Å²) >= 11 is 0. The van der Waals surface area contributed by atoms with Crippen LogP contribution >= 0.6 is 0 Å². The molecule has 0 aliphatic heterocycles. The summed E-state index contributed by atoms with van der Waals surface area (Å²) in [4.78, 5) is 0. The predicted octanol–water partition coefficient (Wildman–Crippen LogP) is 2.57. The molecule has 0 aromatic heterocycles. The summed E-state index contributed by atoms with van der Waals surface area (Å²) in [6.45, 7) is 3.64. The van der Waals surface area contributed by atoms with E-state index in [0.717, 1.165) is 6.07 Å². The van der Waals surface area contributed by atoms with Crippen molar-refractivity contribution in [1.82, 2.24) is 0 Å². The van der Waals surface area contributed by atoms with Crippen molar-refractivity contribution in [2.24, 2.45) is 5.73 Å². The van der Waals surface area contributed by atoms with Gasteiger partial charge >= 0.3 is 6.18 Å². The zero-order valence-electron chi connectivity index (χ0n) is 8.43. The molecule has 1 aromatic rings. The molecule has 0 saturated carbocycles. The van der Waals surface area contributed by atoms with E-state index >= 15 is 0 Å². The van der Waals surface area contributed by atoms with E-state index in [4.69, 9.17) is 5.73 Å². The van der Waals surface area contributed by atoms with Gasteiger partial charge in [0, 0.05) is 17.7 Å². The Morgan fingerprint density at radius 3 is 2.50 bits per heavy atom. The van der Waals surface area contributed by atoms with E-state index < -0.39 is 11.7 Å². The van der Waals surface area contributed by atoms with Gasteiger partial charge in [0.1, 0.15) is 0 Å². The van der Waals surface area contributed by atoms with Crippen molar-refractivity contribution >= 4 is 0 Å². The second-order valence-electron chi connectivity index (χ2n) is 3.10. The van der Waals surface area contributed by atoms with Gasteiger partial charge in [0.05, 0.1) is 5.56 Å². The third kappa shape index (κ3) is 3.14. The van der Waals surface area contributed by atoms with Crippen LogP contribution in [0.4, 0.5) is 13.2 Å². The molecular formula is C12H10F3N. The van der Waals surface area contributed by atoms with Crippen LogP contribution in [-0.2, 0) is 6.18 Å². The molecule has 0 atom stereocenters. The number of halogens is 3. The Labute approximate surface area is 91.8 Å². The van der Waals surface area contributed by atoms with Crippen LogP contribution in [-0.4, -0.2) is 6.54 Å². The van der Waals surface area contributed by atoms with Crippen molar-refractivity contribution in [3.8, 4) is 11.8 Å². The van der Waals surface area contributed by atoms with Crippen LogP contribution in [0.25, 0.3) is 0 Å². The average Bonchev–Trinajstić information content (AvgIpc) is 2.25. The molecule has 4 heteroatoms. The molecule has 0 aliphatic rings. The molecule has 0 radical (unpaired) electrons. The maximum absolute atomic E-state index is 12.5. The van der Waals surface area contributed by atoms with Gasteiger partial charge in [0.15, 0.2) is 0 Å². The maximum Gasteiger partial charge on any atom is 0.417 e. The Hall–Kier alpha value is -1.73. The molecule has 1 aromatic carbocycles. The average molecular weight is 225 g/mol. The number of hydrogen-bond donors (Lipinski definition) is 1. The molecule has 1 nitrogen and oxygen atoms in total. The number of hydrogen-bond acceptors (Lipinski definition) is 1. The van der Waals surface area contributed by atoms with Gasteiger partial charge in [-0.05, 0) is 12.1 Å². The first-order chi connectivity index (χ1) is 7.45. The number of nitrogens with two attached hydrogens (primary N) is 1. The summed E-state index contributed by atoms with van der Waals surface area (Å²) in [6.07, 6.45) is -4.39. The van der Waals surface area contributed by atoms with Crippen LogP contribution in [0.3, 0.4) is 0 Å². The summed E-state index contributed by atoms with van der Waals surface area (Å²) in [6, 6.07) is 5.14. The molecule has 0 saturated heterocycles. The number of benzene rings is 1. The molecule has 0 fully saturated rings. The highest BCUT2D eigenvalue weighted by Gasteiger charge is 2.32. The predicted molar refractivity (Wildman–Crippen MR) is 56.5 cm³/mol. The smallest absolute Gasteiger partial charge is 0.326 e. The van der Waals surface area contributed by atoms with E-state index in [1.54, 1.807) is 0 Å². The standard InChI is InChI=1S/C12H10F3N/c1-9(8-16)6-7-10-4-2-3-5-11(10)12(13,14)15/h2-5H,1,8,16H2. The highest BCUT2D eigenvalue weighted by Crippen LogP contribution is 2.31. The first-order valence-corrected chi connectivity index (χ1v) is 4.51. The lowest BCUT2D eigenvalue weighted by Crippen LogP contribution is -2.07. The van der Waals surface area contributed by atoms with Crippen molar-refractivity contribution < 1.29 is 13.2 Å². The third-order valence-corrected chi connectivity index (χ3v) is 1.85. The first kappa shape index (κ1) is 12.3. The molecule has 0 bridgehead atoms. The molecule has 0 amide bonds. The number of alkyl halides is 3. The minimum absolute atomic E-state index is 0.0652. The van der Waals surface area contributed by atoms with E-state index in [-0.39, 0.29) is 12.1 Å². The van der Waals surface area contributed by atoms with Gasteiger partial charge in [-0.25, -0.2) is 0 Å². The molecule has 16 heavy (non-hydrogen) atoms. The topological polar surface area (TPSA) is 26.0 Å². The van der Waals surface area contributed by atoms with Crippen LogP contribution < -0.4 is 5.73 Å². The first-order valence-electron chi connectivity index (χ1n) is 4.51. The molecule has 0 spiro atoms. The zero-order valence-corrected chi connectivity index (χ0v) is 8.43. The normalized spacial score (nSPS) is 10.5. The van der Waals surface area contributed by atoms with Crippen molar-refractivity contribution in [3.63, 3.8) is 0 Å².